The third kappa shape index (κ3) is 3.90. The molecule has 0 spiro atoms. The summed E-state index contributed by atoms with van der Waals surface area (Å²) in [6, 6.07) is 4.04. The molecule has 1 fully saturated rings. The molecule has 1 aliphatic rings. The first-order valence-corrected chi connectivity index (χ1v) is 8.83. The minimum absolute atomic E-state index is 0.710. The van der Waals surface area contributed by atoms with Gasteiger partial charge in [-0.15, -0.1) is 0 Å². The molecule has 0 saturated carbocycles. The lowest BCUT2D eigenvalue weighted by molar-refractivity contribution is 0.178. The summed E-state index contributed by atoms with van der Waals surface area (Å²) < 4.78 is 7.51. The van der Waals surface area contributed by atoms with Crippen LogP contribution in [0, 0.1) is 5.92 Å². The Morgan fingerprint density at radius 3 is 3.13 bits per heavy atom. The average molecular weight is 316 g/mol. The maximum atomic E-state index is 5.21. The Labute approximate surface area is 138 Å². The van der Waals surface area contributed by atoms with Crippen LogP contribution in [0.5, 0.6) is 0 Å². The molecule has 0 aromatic carbocycles. The first kappa shape index (κ1) is 16.4. The second-order valence-corrected chi connectivity index (χ2v) is 6.48. The third-order valence-electron chi connectivity index (χ3n) is 4.83. The van der Waals surface area contributed by atoms with Crippen LogP contribution in [0.25, 0.3) is 11.2 Å². The van der Waals surface area contributed by atoms with Crippen LogP contribution in [0.3, 0.4) is 0 Å². The lowest BCUT2D eigenvalue weighted by atomic mass is 9.94. The van der Waals surface area contributed by atoms with Crippen molar-refractivity contribution in [3.8, 4) is 0 Å². The minimum Gasteiger partial charge on any atom is -0.385 e. The van der Waals surface area contributed by atoms with Crippen molar-refractivity contribution in [3.05, 3.63) is 24.2 Å². The number of imidazole rings is 1. The zero-order valence-electron chi connectivity index (χ0n) is 14.4. The maximum absolute atomic E-state index is 5.21. The van der Waals surface area contributed by atoms with Crippen LogP contribution in [0.2, 0.25) is 0 Å². The van der Waals surface area contributed by atoms with Gasteiger partial charge >= 0.3 is 0 Å². The van der Waals surface area contributed by atoms with Gasteiger partial charge in [0.1, 0.15) is 11.3 Å². The van der Waals surface area contributed by atoms with E-state index in [0.717, 1.165) is 43.7 Å². The molecule has 1 aliphatic heterocycles. The number of ether oxygens (including phenoxy) is 1. The monoisotopic (exact) mass is 316 g/mol. The van der Waals surface area contributed by atoms with E-state index in [-0.39, 0.29) is 0 Å². The standard InChI is InChI=1S/C18H28N4O/c1-3-21-10-5-7-15(14-21)13-17-20-16-8-4-9-19-18(16)22(17)11-6-12-23-2/h4,8-9,15H,3,5-7,10-14H2,1-2H3. The van der Waals surface area contributed by atoms with Crippen molar-refractivity contribution >= 4 is 11.2 Å². The molecule has 3 rings (SSSR count). The van der Waals surface area contributed by atoms with Gasteiger partial charge in [-0.05, 0) is 50.4 Å². The number of nitrogens with zero attached hydrogens (tertiary/aromatic N) is 4. The fraction of sp³-hybridized carbons (Fsp3) is 0.667. The van der Waals surface area contributed by atoms with Gasteiger partial charge in [-0.2, -0.15) is 0 Å². The predicted molar refractivity (Wildman–Crippen MR) is 92.6 cm³/mol. The molecule has 1 unspecified atom stereocenters. The number of piperidine rings is 1. The molecule has 2 aromatic heterocycles. The van der Waals surface area contributed by atoms with Crippen LogP contribution < -0.4 is 0 Å². The minimum atomic E-state index is 0.710. The van der Waals surface area contributed by atoms with Gasteiger partial charge in [-0.1, -0.05) is 6.92 Å². The van der Waals surface area contributed by atoms with E-state index in [2.05, 4.69) is 27.4 Å². The van der Waals surface area contributed by atoms with Crippen LogP contribution in [-0.2, 0) is 17.7 Å². The third-order valence-corrected chi connectivity index (χ3v) is 4.83. The number of fused-ring (bicyclic) bond motifs is 1. The zero-order chi connectivity index (χ0) is 16.1. The summed E-state index contributed by atoms with van der Waals surface area (Å²) in [7, 11) is 1.76. The molecule has 0 bridgehead atoms. The number of rotatable bonds is 7. The highest BCUT2D eigenvalue weighted by molar-refractivity contribution is 5.71. The van der Waals surface area contributed by atoms with E-state index in [1.54, 1.807) is 7.11 Å². The highest BCUT2D eigenvalue weighted by Gasteiger charge is 2.22. The Morgan fingerprint density at radius 1 is 1.39 bits per heavy atom. The van der Waals surface area contributed by atoms with Gasteiger partial charge in [0.2, 0.25) is 0 Å². The predicted octanol–water partition coefficient (Wildman–Crippen LogP) is 2.74. The van der Waals surface area contributed by atoms with E-state index in [1.165, 1.54) is 31.8 Å². The first-order valence-electron chi connectivity index (χ1n) is 8.83. The number of hydrogen-bond donors (Lipinski definition) is 0. The number of pyridine rings is 1. The smallest absolute Gasteiger partial charge is 0.159 e. The van der Waals surface area contributed by atoms with E-state index in [9.17, 15) is 0 Å². The molecule has 5 heteroatoms. The van der Waals surface area contributed by atoms with E-state index in [0.29, 0.717) is 5.92 Å². The summed E-state index contributed by atoms with van der Waals surface area (Å²) in [5.74, 6) is 1.90. The highest BCUT2D eigenvalue weighted by atomic mass is 16.5. The van der Waals surface area contributed by atoms with Crippen molar-refractivity contribution in [3.63, 3.8) is 0 Å². The molecule has 2 aromatic rings. The van der Waals surface area contributed by atoms with E-state index < -0.39 is 0 Å². The van der Waals surface area contributed by atoms with Gasteiger partial charge in [-0.3, -0.25) is 0 Å². The molecular weight excluding hydrogens is 288 g/mol. The summed E-state index contributed by atoms with van der Waals surface area (Å²) in [6.07, 6.45) is 6.53. The van der Waals surface area contributed by atoms with Crippen molar-refractivity contribution < 1.29 is 4.74 Å². The van der Waals surface area contributed by atoms with Crippen molar-refractivity contribution in [2.45, 2.75) is 39.2 Å². The summed E-state index contributed by atoms with van der Waals surface area (Å²) in [4.78, 5) is 12.0. The van der Waals surface area contributed by atoms with Crippen molar-refractivity contribution in [1.29, 1.82) is 0 Å². The van der Waals surface area contributed by atoms with Crippen molar-refractivity contribution in [2.75, 3.05) is 33.4 Å². The van der Waals surface area contributed by atoms with E-state index in [1.807, 2.05) is 12.3 Å². The molecule has 0 aliphatic carbocycles. The van der Waals surface area contributed by atoms with Crippen LogP contribution in [0.4, 0.5) is 0 Å². The normalized spacial score (nSPS) is 19.5. The number of likely N-dealkylation sites (tertiary alicyclic amines) is 1. The second-order valence-electron chi connectivity index (χ2n) is 6.48. The van der Waals surface area contributed by atoms with Crippen molar-refractivity contribution in [1.82, 2.24) is 19.4 Å². The molecule has 0 amide bonds. The zero-order valence-corrected chi connectivity index (χ0v) is 14.4. The Balaban J connectivity index is 1.79. The van der Waals surface area contributed by atoms with Crippen LogP contribution in [0.1, 0.15) is 32.0 Å². The van der Waals surface area contributed by atoms with Crippen molar-refractivity contribution in [2.24, 2.45) is 5.92 Å². The first-order chi connectivity index (χ1) is 11.3. The number of aryl methyl sites for hydroxylation is 1. The van der Waals surface area contributed by atoms with Gasteiger partial charge in [0.15, 0.2) is 5.65 Å². The number of aromatic nitrogens is 3. The van der Waals surface area contributed by atoms with Gasteiger partial charge in [0, 0.05) is 39.4 Å². The Morgan fingerprint density at radius 2 is 2.30 bits per heavy atom. The Hall–Kier alpha value is -1.46. The summed E-state index contributed by atoms with van der Waals surface area (Å²) in [6.45, 7) is 7.57. The molecule has 3 heterocycles. The fourth-order valence-electron chi connectivity index (χ4n) is 3.63. The SMILES string of the molecule is CCN1CCCC(Cc2nc3cccnc3n2CCCOC)C1. The summed E-state index contributed by atoms with van der Waals surface area (Å²) in [5, 5.41) is 0. The average Bonchev–Trinajstić information content (AvgIpc) is 2.93. The molecule has 1 saturated heterocycles. The maximum Gasteiger partial charge on any atom is 0.159 e. The highest BCUT2D eigenvalue weighted by Crippen LogP contribution is 2.23. The molecule has 23 heavy (non-hydrogen) atoms. The Kier molecular flexibility index (Phi) is 5.62. The van der Waals surface area contributed by atoms with E-state index in [4.69, 9.17) is 9.72 Å². The molecule has 0 radical (unpaired) electrons. The summed E-state index contributed by atoms with van der Waals surface area (Å²) in [5.41, 5.74) is 2.03. The topological polar surface area (TPSA) is 43.2 Å². The van der Waals surface area contributed by atoms with Crippen LogP contribution in [0.15, 0.2) is 18.3 Å². The second kappa shape index (κ2) is 7.88. The lowest BCUT2D eigenvalue weighted by Crippen LogP contribution is -2.36. The number of hydrogen-bond acceptors (Lipinski definition) is 4. The molecule has 0 N–H and O–H groups in total. The van der Waals surface area contributed by atoms with Crippen LogP contribution >= 0.6 is 0 Å². The fourth-order valence-corrected chi connectivity index (χ4v) is 3.63. The molecular formula is C18H28N4O. The largest absolute Gasteiger partial charge is 0.385 e. The van der Waals surface area contributed by atoms with Gasteiger partial charge in [0.05, 0.1) is 0 Å². The summed E-state index contributed by atoms with van der Waals surface area (Å²) >= 11 is 0. The molecule has 1 atom stereocenters. The Bertz CT molecular complexity index is 625. The van der Waals surface area contributed by atoms with Gasteiger partial charge in [0.25, 0.3) is 0 Å². The quantitative estimate of drug-likeness (QED) is 0.737. The molecule has 5 nitrogen and oxygen atoms in total. The molecule has 126 valence electrons. The van der Waals surface area contributed by atoms with E-state index >= 15 is 0 Å². The number of methoxy groups -OCH3 is 1. The lowest BCUT2D eigenvalue weighted by Gasteiger charge is -2.31. The van der Waals surface area contributed by atoms with Gasteiger partial charge < -0.3 is 14.2 Å². The van der Waals surface area contributed by atoms with Gasteiger partial charge in [-0.25, -0.2) is 9.97 Å². The van der Waals surface area contributed by atoms with Crippen LogP contribution in [-0.4, -0.2) is 52.8 Å².